The Balaban J connectivity index is 1.82. The predicted octanol–water partition coefficient (Wildman–Crippen LogP) is 3.48. The highest BCUT2D eigenvalue weighted by atomic mass is 79.9. The van der Waals surface area contributed by atoms with Crippen molar-refractivity contribution in [2.75, 3.05) is 25.6 Å². The first-order chi connectivity index (χ1) is 9.78. The molecule has 2 aromatic rings. The molecule has 0 aliphatic heterocycles. The summed E-state index contributed by atoms with van der Waals surface area (Å²) in [6, 6.07) is 11.9. The monoisotopic (exact) mass is 336 g/mol. The number of nitrogens with zero attached hydrogens (tertiary/aromatic N) is 1. The molecule has 0 spiro atoms. The van der Waals surface area contributed by atoms with Crippen molar-refractivity contribution in [3.63, 3.8) is 0 Å². The number of anilines is 1. The second kappa shape index (κ2) is 7.87. The summed E-state index contributed by atoms with van der Waals surface area (Å²) < 4.78 is 11.4. The summed E-state index contributed by atoms with van der Waals surface area (Å²) in [5.74, 6) is 1.71. The maximum absolute atomic E-state index is 5.51. The Morgan fingerprint density at radius 1 is 1.10 bits per heavy atom. The number of rotatable bonds is 7. The maximum Gasteiger partial charge on any atom is 0.126 e. The second-order valence-corrected chi connectivity index (χ2v) is 5.12. The van der Waals surface area contributed by atoms with Crippen LogP contribution in [0.15, 0.2) is 47.1 Å². The average molecular weight is 337 g/mol. The minimum atomic E-state index is 0.566. The van der Waals surface area contributed by atoms with Crippen LogP contribution in [-0.2, 0) is 11.3 Å². The molecule has 1 aromatic carbocycles. The number of hydrogen-bond donors (Lipinski definition) is 1. The average Bonchev–Trinajstić information content (AvgIpc) is 2.48. The normalized spacial score (nSPS) is 10.3. The zero-order valence-corrected chi connectivity index (χ0v) is 12.9. The van der Waals surface area contributed by atoms with Gasteiger partial charge in [-0.15, -0.1) is 0 Å². The van der Waals surface area contributed by atoms with E-state index in [1.807, 2.05) is 36.4 Å². The van der Waals surface area contributed by atoms with Crippen molar-refractivity contribution in [3.05, 3.63) is 52.6 Å². The van der Waals surface area contributed by atoms with Gasteiger partial charge in [0.15, 0.2) is 0 Å². The van der Waals surface area contributed by atoms with Crippen LogP contribution in [0.4, 0.5) is 5.82 Å². The highest BCUT2D eigenvalue weighted by molar-refractivity contribution is 9.10. The van der Waals surface area contributed by atoms with Gasteiger partial charge in [0.05, 0.1) is 6.61 Å². The quantitative estimate of drug-likeness (QED) is 0.786. The van der Waals surface area contributed by atoms with Gasteiger partial charge in [-0.05, 0) is 45.8 Å². The van der Waals surface area contributed by atoms with E-state index in [4.69, 9.17) is 9.47 Å². The molecule has 0 atom stereocenters. The lowest BCUT2D eigenvalue weighted by Gasteiger charge is -2.08. The Hall–Kier alpha value is -1.59. The van der Waals surface area contributed by atoms with E-state index < -0.39 is 0 Å². The molecule has 0 bridgehead atoms. The first kappa shape index (κ1) is 14.8. The fourth-order valence-electron chi connectivity index (χ4n) is 1.62. The molecular weight excluding hydrogens is 320 g/mol. The lowest BCUT2D eigenvalue weighted by Crippen LogP contribution is -2.04. The fraction of sp³-hybridized carbons (Fsp3) is 0.267. The van der Waals surface area contributed by atoms with Crippen LogP contribution >= 0.6 is 15.9 Å². The summed E-state index contributed by atoms with van der Waals surface area (Å²) in [4.78, 5) is 4.26. The Labute approximate surface area is 127 Å². The van der Waals surface area contributed by atoms with Crippen LogP contribution in [0.5, 0.6) is 5.75 Å². The van der Waals surface area contributed by atoms with Crippen LogP contribution in [0, 0.1) is 0 Å². The SMILES string of the molecule is COCCOc1ccc(CNc2ccc(Br)cn2)cc1. The van der Waals surface area contributed by atoms with Crippen molar-refractivity contribution >= 4 is 21.7 Å². The van der Waals surface area contributed by atoms with E-state index in [0.29, 0.717) is 13.2 Å². The van der Waals surface area contributed by atoms with Crippen molar-refractivity contribution in [1.82, 2.24) is 4.98 Å². The third kappa shape index (κ3) is 4.83. The smallest absolute Gasteiger partial charge is 0.126 e. The first-order valence-electron chi connectivity index (χ1n) is 6.34. The van der Waals surface area contributed by atoms with Gasteiger partial charge in [-0.2, -0.15) is 0 Å². The first-order valence-corrected chi connectivity index (χ1v) is 7.13. The number of nitrogens with one attached hydrogen (secondary N) is 1. The van der Waals surface area contributed by atoms with Crippen molar-refractivity contribution < 1.29 is 9.47 Å². The molecule has 0 saturated carbocycles. The molecule has 0 aliphatic carbocycles. The van der Waals surface area contributed by atoms with Gasteiger partial charge in [0.25, 0.3) is 0 Å². The number of benzene rings is 1. The van der Waals surface area contributed by atoms with Crippen molar-refractivity contribution in [3.8, 4) is 5.75 Å². The molecule has 1 aromatic heterocycles. The van der Waals surface area contributed by atoms with E-state index in [2.05, 4.69) is 26.2 Å². The zero-order chi connectivity index (χ0) is 14.2. The van der Waals surface area contributed by atoms with Crippen molar-refractivity contribution in [2.45, 2.75) is 6.54 Å². The van der Waals surface area contributed by atoms with E-state index in [1.54, 1.807) is 13.3 Å². The highest BCUT2D eigenvalue weighted by Gasteiger charge is 1.97. The summed E-state index contributed by atoms with van der Waals surface area (Å²) in [5.41, 5.74) is 1.17. The number of ether oxygens (including phenoxy) is 2. The minimum absolute atomic E-state index is 0.566. The molecule has 0 amide bonds. The molecule has 1 N–H and O–H groups in total. The van der Waals surface area contributed by atoms with E-state index >= 15 is 0 Å². The summed E-state index contributed by atoms with van der Waals surface area (Å²) in [6.07, 6.45) is 1.77. The van der Waals surface area contributed by atoms with Gasteiger partial charge in [0, 0.05) is 24.3 Å². The van der Waals surface area contributed by atoms with Crippen LogP contribution in [0.25, 0.3) is 0 Å². The van der Waals surface area contributed by atoms with Crippen LogP contribution in [0.2, 0.25) is 0 Å². The van der Waals surface area contributed by atoms with Crippen molar-refractivity contribution in [1.29, 1.82) is 0 Å². The molecule has 20 heavy (non-hydrogen) atoms. The van der Waals surface area contributed by atoms with Crippen LogP contribution < -0.4 is 10.1 Å². The molecule has 5 heteroatoms. The Morgan fingerprint density at radius 3 is 2.55 bits per heavy atom. The standard InChI is InChI=1S/C15H17BrN2O2/c1-19-8-9-20-14-5-2-12(3-6-14)10-17-15-7-4-13(16)11-18-15/h2-7,11H,8-10H2,1H3,(H,17,18). The van der Waals surface area contributed by atoms with E-state index in [1.165, 1.54) is 5.56 Å². The van der Waals surface area contributed by atoms with Crippen LogP contribution in [0.1, 0.15) is 5.56 Å². The molecular formula is C15H17BrN2O2. The molecule has 4 nitrogen and oxygen atoms in total. The number of aromatic nitrogens is 1. The number of hydrogen-bond acceptors (Lipinski definition) is 4. The summed E-state index contributed by atoms with van der Waals surface area (Å²) in [7, 11) is 1.66. The van der Waals surface area contributed by atoms with Gasteiger partial charge in [0.1, 0.15) is 18.2 Å². The van der Waals surface area contributed by atoms with Crippen LogP contribution in [-0.4, -0.2) is 25.3 Å². The zero-order valence-electron chi connectivity index (χ0n) is 11.3. The molecule has 106 valence electrons. The molecule has 0 radical (unpaired) electrons. The van der Waals surface area contributed by atoms with Gasteiger partial charge in [-0.1, -0.05) is 12.1 Å². The van der Waals surface area contributed by atoms with Gasteiger partial charge in [-0.3, -0.25) is 0 Å². The summed E-state index contributed by atoms with van der Waals surface area (Å²) >= 11 is 3.36. The van der Waals surface area contributed by atoms with Crippen molar-refractivity contribution in [2.24, 2.45) is 0 Å². The predicted molar refractivity (Wildman–Crippen MR) is 83.1 cm³/mol. The summed E-state index contributed by atoms with van der Waals surface area (Å²) in [5, 5.41) is 3.27. The van der Waals surface area contributed by atoms with Gasteiger partial charge >= 0.3 is 0 Å². The number of methoxy groups -OCH3 is 1. The maximum atomic E-state index is 5.51. The fourth-order valence-corrected chi connectivity index (χ4v) is 1.85. The molecule has 1 heterocycles. The lowest BCUT2D eigenvalue weighted by molar-refractivity contribution is 0.146. The highest BCUT2D eigenvalue weighted by Crippen LogP contribution is 2.14. The topological polar surface area (TPSA) is 43.4 Å². The third-order valence-corrected chi connectivity index (χ3v) is 3.15. The Kier molecular flexibility index (Phi) is 5.83. The van der Waals surface area contributed by atoms with E-state index in [-0.39, 0.29) is 0 Å². The van der Waals surface area contributed by atoms with Crippen LogP contribution in [0.3, 0.4) is 0 Å². The molecule has 2 rings (SSSR count). The number of halogens is 1. The molecule has 0 fully saturated rings. The molecule has 0 aliphatic rings. The number of pyridine rings is 1. The van der Waals surface area contributed by atoms with Gasteiger partial charge < -0.3 is 14.8 Å². The Morgan fingerprint density at radius 2 is 1.90 bits per heavy atom. The third-order valence-electron chi connectivity index (χ3n) is 2.68. The second-order valence-electron chi connectivity index (χ2n) is 4.20. The Bertz CT molecular complexity index is 514. The summed E-state index contributed by atoms with van der Waals surface area (Å²) in [6.45, 7) is 1.89. The van der Waals surface area contributed by atoms with E-state index in [9.17, 15) is 0 Å². The lowest BCUT2D eigenvalue weighted by atomic mass is 10.2. The van der Waals surface area contributed by atoms with Gasteiger partial charge in [0.2, 0.25) is 0 Å². The minimum Gasteiger partial charge on any atom is -0.491 e. The molecule has 0 saturated heterocycles. The largest absolute Gasteiger partial charge is 0.491 e. The molecule has 0 unspecified atom stereocenters. The van der Waals surface area contributed by atoms with Gasteiger partial charge in [-0.25, -0.2) is 4.98 Å². The van der Waals surface area contributed by atoms with E-state index in [0.717, 1.165) is 22.6 Å².